The van der Waals surface area contributed by atoms with Crippen LogP contribution < -0.4 is 5.32 Å². The van der Waals surface area contributed by atoms with Gasteiger partial charge in [0.25, 0.3) is 0 Å². The van der Waals surface area contributed by atoms with E-state index in [0.29, 0.717) is 12.3 Å². The number of likely N-dealkylation sites (tertiary alicyclic amines) is 1. The minimum atomic E-state index is 0. The Kier molecular flexibility index (Phi) is 16.0. The van der Waals surface area contributed by atoms with Crippen LogP contribution in [-0.4, -0.2) is 62.5 Å². The molecule has 1 saturated heterocycles. The summed E-state index contributed by atoms with van der Waals surface area (Å²) in [4.78, 5) is 16.6. The van der Waals surface area contributed by atoms with Crippen molar-refractivity contribution in [2.24, 2.45) is 5.92 Å². The first-order chi connectivity index (χ1) is 9.67. The molecule has 0 aromatic rings. The number of nitrogens with one attached hydrogen (secondary N) is 1. The monoisotopic (exact) mass is 355 g/mol. The van der Waals surface area contributed by atoms with Gasteiger partial charge < -0.3 is 15.1 Å². The second-order valence-corrected chi connectivity index (χ2v) is 6.15. The Labute approximate surface area is 149 Å². The van der Waals surface area contributed by atoms with Crippen molar-refractivity contribution in [3.8, 4) is 0 Å². The van der Waals surface area contributed by atoms with E-state index in [1.54, 1.807) is 0 Å². The van der Waals surface area contributed by atoms with Gasteiger partial charge in [-0.15, -0.1) is 24.8 Å². The molecule has 1 aliphatic rings. The standard InChI is InChI=1S/C16H33N3O.2ClH/c1-4-5-11-18(3)14-15-8-12-19(13-9-15)16(20)7-6-10-17-2;;/h15,17H,4-14H2,1-3H3;2*1H. The van der Waals surface area contributed by atoms with Crippen LogP contribution in [0.3, 0.4) is 0 Å². The summed E-state index contributed by atoms with van der Waals surface area (Å²) >= 11 is 0. The summed E-state index contributed by atoms with van der Waals surface area (Å²) in [5.74, 6) is 1.12. The average Bonchev–Trinajstić information content (AvgIpc) is 2.46. The van der Waals surface area contributed by atoms with E-state index < -0.39 is 0 Å². The number of carbonyl (C=O) groups is 1. The van der Waals surface area contributed by atoms with Crippen LogP contribution in [0, 0.1) is 5.92 Å². The number of piperidine rings is 1. The minimum absolute atomic E-state index is 0. The van der Waals surface area contributed by atoms with E-state index in [-0.39, 0.29) is 24.8 Å². The van der Waals surface area contributed by atoms with Crippen molar-refractivity contribution < 1.29 is 4.79 Å². The Balaban J connectivity index is 0. The summed E-state index contributed by atoms with van der Waals surface area (Å²) < 4.78 is 0. The summed E-state index contributed by atoms with van der Waals surface area (Å²) in [7, 11) is 4.16. The lowest BCUT2D eigenvalue weighted by Gasteiger charge is -2.34. The van der Waals surface area contributed by atoms with E-state index in [1.807, 2.05) is 7.05 Å². The predicted molar refractivity (Wildman–Crippen MR) is 99.4 cm³/mol. The van der Waals surface area contributed by atoms with Gasteiger partial charge in [0, 0.05) is 26.1 Å². The van der Waals surface area contributed by atoms with Crippen LogP contribution in [0.4, 0.5) is 0 Å². The number of nitrogens with zero attached hydrogens (tertiary/aromatic N) is 2. The molecule has 1 rings (SSSR count). The molecule has 1 amide bonds. The summed E-state index contributed by atoms with van der Waals surface area (Å²) in [5.41, 5.74) is 0. The molecule has 0 aliphatic carbocycles. The number of rotatable bonds is 9. The lowest BCUT2D eigenvalue weighted by molar-refractivity contribution is -0.132. The first kappa shape index (κ1) is 24.2. The van der Waals surface area contributed by atoms with Gasteiger partial charge in [0.2, 0.25) is 5.91 Å². The quantitative estimate of drug-likeness (QED) is 0.646. The van der Waals surface area contributed by atoms with Crippen molar-refractivity contribution in [3.05, 3.63) is 0 Å². The van der Waals surface area contributed by atoms with Crippen LogP contribution in [0.15, 0.2) is 0 Å². The van der Waals surface area contributed by atoms with Crippen molar-refractivity contribution in [2.45, 2.75) is 45.4 Å². The van der Waals surface area contributed by atoms with Gasteiger partial charge in [0.1, 0.15) is 0 Å². The van der Waals surface area contributed by atoms with Crippen LogP contribution >= 0.6 is 24.8 Å². The van der Waals surface area contributed by atoms with Gasteiger partial charge in [-0.1, -0.05) is 13.3 Å². The molecule has 6 heteroatoms. The molecule has 1 aliphatic heterocycles. The van der Waals surface area contributed by atoms with Gasteiger partial charge >= 0.3 is 0 Å². The van der Waals surface area contributed by atoms with Gasteiger partial charge in [0.05, 0.1) is 0 Å². The molecule has 4 nitrogen and oxygen atoms in total. The molecule has 0 aromatic heterocycles. The number of unbranched alkanes of at least 4 members (excludes halogenated alkanes) is 1. The second-order valence-electron chi connectivity index (χ2n) is 6.15. The van der Waals surface area contributed by atoms with E-state index in [2.05, 4.69) is 29.1 Å². The lowest BCUT2D eigenvalue weighted by atomic mass is 9.96. The number of hydrogen-bond donors (Lipinski definition) is 1. The van der Waals surface area contributed by atoms with Crippen LogP contribution in [0.1, 0.15) is 45.4 Å². The highest BCUT2D eigenvalue weighted by Gasteiger charge is 2.22. The fourth-order valence-corrected chi connectivity index (χ4v) is 2.90. The first-order valence-corrected chi connectivity index (χ1v) is 8.28. The fraction of sp³-hybridized carbons (Fsp3) is 0.938. The molecule has 0 radical (unpaired) electrons. The third-order valence-corrected chi connectivity index (χ3v) is 4.25. The van der Waals surface area contributed by atoms with E-state index in [9.17, 15) is 4.79 Å². The molecular weight excluding hydrogens is 321 g/mol. The smallest absolute Gasteiger partial charge is 0.222 e. The molecule has 0 saturated carbocycles. The number of carbonyl (C=O) groups excluding carboxylic acids is 1. The van der Waals surface area contributed by atoms with Gasteiger partial charge in [-0.2, -0.15) is 0 Å². The molecule has 0 atom stereocenters. The zero-order valence-corrected chi connectivity index (χ0v) is 16.1. The Morgan fingerprint density at radius 2 is 1.86 bits per heavy atom. The Morgan fingerprint density at radius 1 is 1.23 bits per heavy atom. The van der Waals surface area contributed by atoms with Crippen LogP contribution in [-0.2, 0) is 4.79 Å². The molecule has 0 spiro atoms. The van der Waals surface area contributed by atoms with Crippen LogP contribution in [0.2, 0.25) is 0 Å². The summed E-state index contributed by atoms with van der Waals surface area (Å²) in [6, 6.07) is 0. The lowest BCUT2D eigenvalue weighted by Crippen LogP contribution is -2.41. The van der Waals surface area contributed by atoms with Crippen LogP contribution in [0.5, 0.6) is 0 Å². The largest absolute Gasteiger partial charge is 0.343 e. The molecule has 22 heavy (non-hydrogen) atoms. The van der Waals surface area contributed by atoms with E-state index >= 15 is 0 Å². The highest BCUT2D eigenvalue weighted by molar-refractivity contribution is 5.85. The van der Waals surface area contributed by atoms with E-state index in [1.165, 1.54) is 38.8 Å². The Bertz CT molecular complexity index is 272. The molecule has 1 heterocycles. The third-order valence-electron chi connectivity index (χ3n) is 4.25. The topological polar surface area (TPSA) is 35.6 Å². The maximum atomic E-state index is 12.0. The van der Waals surface area contributed by atoms with Crippen molar-refractivity contribution in [1.29, 1.82) is 0 Å². The molecule has 1 fully saturated rings. The maximum absolute atomic E-state index is 12.0. The molecule has 134 valence electrons. The normalized spacial score (nSPS) is 15.4. The van der Waals surface area contributed by atoms with Gasteiger partial charge in [-0.3, -0.25) is 4.79 Å². The molecule has 0 aromatic carbocycles. The van der Waals surface area contributed by atoms with Crippen molar-refractivity contribution in [3.63, 3.8) is 0 Å². The summed E-state index contributed by atoms with van der Waals surface area (Å²) in [6.07, 6.45) is 6.56. The van der Waals surface area contributed by atoms with Crippen LogP contribution in [0.25, 0.3) is 0 Å². The maximum Gasteiger partial charge on any atom is 0.222 e. The highest BCUT2D eigenvalue weighted by Crippen LogP contribution is 2.19. The zero-order valence-electron chi connectivity index (χ0n) is 14.5. The Hall–Kier alpha value is -0.0300. The van der Waals surface area contributed by atoms with Gasteiger partial charge in [0.15, 0.2) is 0 Å². The summed E-state index contributed by atoms with van der Waals surface area (Å²) in [6.45, 7) is 7.51. The minimum Gasteiger partial charge on any atom is -0.343 e. The van der Waals surface area contributed by atoms with E-state index in [0.717, 1.165) is 32.0 Å². The van der Waals surface area contributed by atoms with Crippen molar-refractivity contribution in [2.75, 3.05) is 46.8 Å². The predicted octanol–water partition coefficient (Wildman–Crippen LogP) is 2.80. The number of amides is 1. The average molecular weight is 356 g/mol. The van der Waals surface area contributed by atoms with E-state index in [4.69, 9.17) is 0 Å². The molecule has 0 unspecified atom stereocenters. The van der Waals surface area contributed by atoms with Crippen molar-refractivity contribution in [1.82, 2.24) is 15.1 Å². The second kappa shape index (κ2) is 14.6. The fourth-order valence-electron chi connectivity index (χ4n) is 2.90. The van der Waals surface area contributed by atoms with Crippen molar-refractivity contribution >= 4 is 30.7 Å². The zero-order chi connectivity index (χ0) is 14.8. The SMILES string of the molecule is CCCCN(C)CC1CCN(C(=O)CCCNC)CC1.Cl.Cl. The van der Waals surface area contributed by atoms with Gasteiger partial charge in [-0.25, -0.2) is 0 Å². The highest BCUT2D eigenvalue weighted by atomic mass is 35.5. The molecular formula is C16H35Cl2N3O. The number of hydrogen-bond acceptors (Lipinski definition) is 3. The molecule has 0 bridgehead atoms. The first-order valence-electron chi connectivity index (χ1n) is 8.28. The molecule has 1 N–H and O–H groups in total. The summed E-state index contributed by atoms with van der Waals surface area (Å²) in [5, 5.41) is 3.10. The van der Waals surface area contributed by atoms with Gasteiger partial charge in [-0.05, 0) is 58.8 Å². The third kappa shape index (κ3) is 9.88. The number of halogens is 2. The Morgan fingerprint density at radius 3 is 2.41 bits per heavy atom.